The second-order valence-electron chi connectivity index (χ2n) is 6.78. The minimum atomic E-state index is -0.495. The molecule has 2 aromatic carbocycles. The van der Waals surface area contributed by atoms with E-state index in [0.29, 0.717) is 6.54 Å². The first-order chi connectivity index (χ1) is 13.7. The maximum absolute atomic E-state index is 13.7. The number of nitrogens with zero attached hydrogens (tertiary/aromatic N) is 4. The number of hydrogen-bond donors (Lipinski definition) is 1. The van der Waals surface area contributed by atoms with Crippen molar-refractivity contribution < 1.29 is 9.18 Å². The van der Waals surface area contributed by atoms with Gasteiger partial charge in [0.1, 0.15) is 18.0 Å². The van der Waals surface area contributed by atoms with Crippen molar-refractivity contribution in [3.63, 3.8) is 0 Å². The molecular formula is C21H22FN5O. The van der Waals surface area contributed by atoms with E-state index in [9.17, 15) is 9.18 Å². The second-order valence-corrected chi connectivity index (χ2v) is 6.78. The number of hydrogen-bond acceptors (Lipinski definition) is 5. The van der Waals surface area contributed by atoms with Gasteiger partial charge in [-0.15, -0.1) is 0 Å². The molecule has 144 valence electrons. The number of halogens is 1. The zero-order valence-corrected chi connectivity index (χ0v) is 15.5. The number of carbonyl (C=O) groups is 1. The molecule has 0 saturated carbocycles. The van der Waals surface area contributed by atoms with Crippen LogP contribution in [0, 0.1) is 5.82 Å². The molecule has 0 atom stereocenters. The van der Waals surface area contributed by atoms with Crippen LogP contribution in [0.1, 0.15) is 10.4 Å². The quantitative estimate of drug-likeness (QED) is 0.737. The molecule has 1 aliphatic heterocycles. The molecule has 28 heavy (non-hydrogen) atoms. The molecule has 7 heteroatoms. The lowest BCUT2D eigenvalue weighted by atomic mass is 10.2. The lowest BCUT2D eigenvalue weighted by Gasteiger charge is -2.35. The van der Waals surface area contributed by atoms with Gasteiger partial charge >= 0.3 is 0 Å². The van der Waals surface area contributed by atoms with E-state index < -0.39 is 5.82 Å². The number of carbonyl (C=O) groups excluding carboxylic acids is 1. The Morgan fingerprint density at radius 1 is 1.00 bits per heavy atom. The first-order valence-corrected chi connectivity index (χ1v) is 9.42. The van der Waals surface area contributed by atoms with E-state index in [1.54, 1.807) is 18.5 Å². The fourth-order valence-electron chi connectivity index (χ4n) is 3.49. The van der Waals surface area contributed by atoms with Crippen LogP contribution in [-0.2, 0) is 0 Å². The smallest absolute Gasteiger partial charge is 0.254 e. The summed E-state index contributed by atoms with van der Waals surface area (Å²) in [5.74, 6) is 0.105. The van der Waals surface area contributed by atoms with Crippen LogP contribution in [0.15, 0.2) is 54.9 Å². The summed E-state index contributed by atoms with van der Waals surface area (Å²) in [6.07, 6.45) is 1.61. The predicted octanol–water partition coefficient (Wildman–Crippen LogP) is 2.32. The molecule has 0 unspecified atom stereocenters. The Hall–Kier alpha value is -3.06. The average molecular weight is 379 g/mol. The van der Waals surface area contributed by atoms with Gasteiger partial charge in [0, 0.05) is 44.7 Å². The van der Waals surface area contributed by atoms with Gasteiger partial charge in [-0.1, -0.05) is 24.3 Å². The van der Waals surface area contributed by atoms with Crippen LogP contribution >= 0.6 is 0 Å². The number of nitrogens with one attached hydrogen (secondary N) is 1. The van der Waals surface area contributed by atoms with Crippen molar-refractivity contribution in [2.24, 2.45) is 0 Å². The van der Waals surface area contributed by atoms with Crippen molar-refractivity contribution in [2.75, 3.05) is 44.2 Å². The van der Waals surface area contributed by atoms with Crippen molar-refractivity contribution in [1.82, 2.24) is 20.2 Å². The zero-order chi connectivity index (χ0) is 19.3. The first-order valence-electron chi connectivity index (χ1n) is 9.42. The molecule has 1 amide bonds. The maximum atomic E-state index is 13.7. The summed E-state index contributed by atoms with van der Waals surface area (Å²) in [5.41, 5.74) is 1.04. The highest BCUT2D eigenvalue weighted by atomic mass is 19.1. The molecule has 0 radical (unpaired) electrons. The molecule has 1 aromatic heterocycles. The van der Waals surface area contributed by atoms with Gasteiger partial charge in [0.05, 0.1) is 11.1 Å². The third kappa shape index (κ3) is 3.94. The van der Waals surface area contributed by atoms with Gasteiger partial charge in [0.25, 0.3) is 5.91 Å². The summed E-state index contributed by atoms with van der Waals surface area (Å²) in [4.78, 5) is 25.5. The standard InChI is InChI=1S/C21H22FN5O/c22-18-7-3-1-5-16(18)21(28)23-9-10-26-11-13-27(14-12-26)20-17-6-2-4-8-19(17)24-15-25-20/h1-8,15H,9-14H2,(H,23,28). The van der Waals surface area contributed by atoms with Gasteiger partial charge in [-0.3, -0.25) is 9.69 Å². The van der Waals surface area contributed by atoms with Crippen LogP contribution in [0.2, 0.25) is 0 Å². The van der Waals surface area contributed by atoms with Crippen molar-refractivity contribution in [2.45, 2.75) is 0 Å². The Morgan fingerprint density at radius 2 is 1.75 bits per heavy atom. The van der Waals surface area contributed by atoms with E-state index in [1.807, 2.05) is 18.2 Å². The van der Waals surface area contributed by atoms with Crippen molar-refractivity contribution in [1.29, 1.82) is 0 Å². The highest BCUT2D eigenvalue weighted by Crippen LogP contribution is 2.23. The van der Waals surface area contributed by atoms with E-state index in [-0.39, 0.29) is 11.5 Å². The summed E-state index contributed by atoms with van der Waals surface area (Å²) in [5, 5.41) is 3.86. The van der Waals surface area contributed by atoms with Crippen LogP contribution in [0.4, 0.5) is 10.2 Å². The molecule has 2 heterocycles. The maximum Gasteiger partial charge on any atom is 0.254 e. The zero-order valence-electron chi connectivity index (χ0n) is 15.5. The van der Waals surface area contributed by atoms with Crippen LogP contribution in [0.3, 0.4) is 0 Å². The highest BCUT2D eigenvalue weighted by molar-refractivity contribution is 5.94. The minimum absolute atomic E-state index is 0.0861. The molecule has 6 nitrogen and oxygen atoms in total. The molecule has 1 fully saturated rings. The van der Waals surface area contributed by atoms with Gasteiger partial charge in [0.2, 0.25) is 0 Å². The number of para-hydroxylation sites is 1. The Labute approximate surface area is 163 Å². The number of rotatable bonds is 5. The molecule has 1 N–H and O–H groups in total. The van der Waals surface area contributed by atoms with E-state index in [1.165, 1.54) is 12.1 Å². The number of benzene rings is 2. The van der Waals surface area contributed by atoms with Crippen LogP contribution in [0.5, 0.6) is 0 Å². The largest absolute Gasteiger partial charge is 0.353 e. The van der Waals surface area contributed by atoms with Crippen LogP contribution < -0.4 is 10.2 Å². The molecule has 3 aromatic rings. The molecule has 0 bridgehead atoms. The van der Waals surface area contributed by atoms with Gasteiger partial charge in [-0.05, 0) is 24.3 Å². The van der Waals surface area contributed by atoms with Crippen molar-refractivity contribution in [3.8, 4) is 0 Å². The van der Waals surface area contributed by atoms with Crippen LogP contribution in [0.25, 0.3) is 10.9 Å². The lowest BCUT2D eigenvalue weighted by molar-refractivity contribution is 0.0943. The van der Waals surface area contributed by atoms with E-state index >= 15 is 0 Å². The Bertz CT molecular complexity index is 966. The highest BCUT2D eigenvalue weighted by Gasteiger charge is 2.20. The first kappa shape index (κ1) is 18.3. The number of fused-ring (bicyclic) bond motifs is 1. The van der Waals surface area contributed by atoms with Crippen molar-refractivity contribution in [3.05, 3.63) is 66.2 Å². The molecule has 4 rings (SSSR count). The molecule has 1 aliphatic rings. The monoisotopic (exact) mass is 379 g/mol. The third-order valence-corrected chi connectivity index (χ3v) is 5.03. The Morgan fingerprint density at radius 3 is 2.57 bits per heavy atom. The summed E-state index contributed by atoms with van der Waals surface area (Å²) in [6.45, 7) is 4.72. The molecule has 0 spiro atoms. The summed E-state index contributed by atoms with van der Waals surface area (Å²) < 4.78 is 13.7. The Balaban J connectivity index is 1.29. The van der Waals surface area contributed by atoms with Crippen LogP contribution in [-0.4, -0.2) is 60.0 Å². The molecular weight excluding hydrogens is 357 g/mol. The topological polar surface area (TPSA) is 61.4 Å². The van der Waals surface area contributed by atoms with Gasteiger partial charge < -0.3 is 10.2 Å². The van der Waals surface area contributed by atoms with Gasteiger partial charge in [-0.2, -0.15) is 0 Å². The Kier molecular flexibility index (Phi) is 5.43. The number of anilines is 1. The SMILES string of the molecule is O=C(NCCN1CCN(c2ncnc3ccccc23)CC1)c1ccccc1F. The second kappa shape index (κ2) is 8.31. The van der Waals surface area contributed by atoms with Gasteiger partial charge in [-0.25, -0.2) is 14.4 Å². The fourth-order valence-corrected chi connectivity index (χ4v) is 3.49. The summed E-state index contributed by atoms with van der Waals surface area (Å²) >= 11 is 0. The molecule has 1 saturated heterocycles. The lowest BCUT2D eigenvalue weighted by Crippen LogP contribution is -2.48. The number of piperazine rings is 1. The number of amides is 1. The minimum Gasteiger partial charge on any atom is -0.353 e. The summed E-state index contributed by atoms with van der Waals surface area (Å²) in [6, 6.07) is 14.1. The number of aromatic nitrogens is 2. The summed E-state index contributed by atoms with van der Waals surface area (Å²) in [7, 11) is 0. The normalized spacial score (nSPS) is 15.0. The third-order valence-electron chi connectivity index (χ3n) is 5.03. The average Bonchev–Trinajstić information content (AvgIpc) is 2.74. The van der Waals surface area contributed by atoms with Gasteiger partial charge in [0.15, 0.2) is 0 Å². The molecule has 0 aliphatic carbocycles. The van der Waals surface area contributed by atoms with E-state index in [4.69, 9.17) is 0 Å². The van der Waals surface area contributed by atoms with Crippen molar-refractivity contribution >= 4 is 22.6 Å². The van der Waals surface area contributed by atoms with E-state index in [2.05, 4.69) is 31.2 Å². The fraction of sp³-hybridized carbons (Fsp3) is 0.286. The predicted molar refractivity (Wildman–Crippen MR) is 107 cm³/mol. The van der Waals surface area contributed by atoms with E-state index in [0.717, 1.165) is 49.4 Å².